The van der Waals surface area contributed by atoms with Gasteiger partial charge in [-0.15, -0.1) is 0 Å². The predicted octanol–water partition coefficient (Wildman–Crippen LogP) is 3.69. The molecule has 1 aliphatic rings. The number of carbonyl (C=O) groups is 1. The van der Waals surface area contributed by atoms with E-state index in [1.165, 1.54) is 5.56 Å². The Morgan fingerprint density at radius 3 is 2.94 bits per heavy atom. The highest BCUT2D eigenvalue weighted by molar-refractivity contribution is 5.99. The van der Waals surface area contributed by atoms with E-state index >= 15 is 0 Å². The maximum absolute atomic E-state index is 12.1. The van der Waals surface area contributed by atoms with E-state index in [0.717, 1.165) is 49.2 Å². The van der Waals surface area contributed by atoms with Gasteiger partial charge in [0.2, 0.25) is 0 Å². The molecule has 1 aromatic carbocycles. The van der Waals surface area contributed by atoms with Gasteiger partial charge in [-0.25, -0.2) is 0 Å². The quantitative estimate of drug-likeness (QED) is 0.743. The minimum Gasteiger partial charge on any atom is -0.493 e. The monoisotopic (exact) mass is 232 g/mol. The van der Waals surface area contributed by atoms with E-state index in [1.54, 1.807) is 0 Å². The van der Waals surface area contributed by atoms with Crippen LogP contribution in [0.1, 0.15) is 54.1 Å². The second-order valence-electron chi connectivity index (χ2n) is 4.78. The van der Waals surface area contributed by atoms with Gasteiger partial charge in [0.1, 0.15) is 5.75 Å². The molecule has 0 radical (unpaired) electrons. The Hall–Kier alpha value is -1.31. The summed E-state index contributed by atoms with van der Waals surface area (Å²) < 4.78 is 5.78. The fourth-order valence-electron chi connectivity index (χ4n) is 2.36. The van der Waals surface area contributed by atoms with E-state index in [9.17, 15) is 4.79 Å². The number of ether oxygens (including phenoxy) is 1. The minimum atomic E-state index is 0.217. The van der Waals surface area contributed by atoms with Crippen molar-refractivity contribution in [3.05, 3.63) is 28.8 Å². The molecule has 2 rings (SSSR count). The standard InChI is InChI=1S/C15H20O2/c1-3-6-14(16)13-10-11(2)9-12-7-4-5-8-17-15(12)13/h9-10H,3-8H2,1-2H3. The fourth-order valence-corrected chi connectivity index (χ4v) is 2.36. The largest absolute Gasteiger partial charge is 0.493 e. The van der Waals surface area contributed by atoms with Crippen LogP contribution in [0.5, 0.6) is 5.75 Å². The van der Waals surface area contributed by atoms with Gasteiger partial charge in [0.25, 0.3) is 0 Å². The van der Waals surface area contributed by atoms with Gasteiger partial charge in [-0.2, -0.15) is 0 Å². The third-order valence-electron chi connectivity index (χ3n) is 3.17. The number of carbonyl (C=O) groups excluding carboxylic acids is 1. The number of fused-ring (bicyclic) bond motifs is 1. The van der Waals surface area contributed by atoms with Crippen molar-refractivity contribution in [2.75, 3.05) is 6.61 Å². The van der Waals surface area contributed by atoms with E-state index < -0.39 is 0 Å². The van der Waals surface area contributed by atoms with Crippen LogP contribution in [-0.4, -0.2) is 12.4 Å². The number of rotatable bonds is 3. The van der Waals surface area contributed by atoms with Gasteiger partial charge in [-0.3, -0.25) is 4.79 Å². The van der Waals surface area contributed by atoms with Crippen LogP contribution in [0.3, 0.4) is 0 Å². The number of benzene rings is 1. The van der Waals surface area contributed by atoms with Crippen LogP contribution in [-0.2, 0) is 6.42 Å². The first-order chi connectivity index (χ1) is 8.22. The maximum atomic E-state index is 12.1. The van der Waals surface area contributed by atoms with Crippen molar-refractivity contribution in [1.29, 1.82) is 0 Å². The predicted molar refractivity (Wildman–Crippen MR) is 68.9 cm³/mol. The molecule has 0 fully saturated rings. The summed E-state index contributed by atoms with van der Waals surface area (Å²) in [4.78, 5) is 12.1. The Kier molecular flexibility index (Phi) is 3.82. The molecule has 0 N–H and O–H groups in total. The number of aryl methyl sites for hydroxylation is 2. The highest BCUT2D eigenvalue weighted by Gasteiger charge is 2.18. The molecule has 1 aromatic rings. The van der Waals surface area contributed by atoms with Gasteiger partial charge in [-0.1, -0.05) is 13.0 Å². The molecule has 0 saturated carbocycles. The maximum Gasteiger partial charge on any atom is 0.166 e. The lowest BCUT2D eigenvalue weighted by Gasteiger charge is -2.13. The lowest BCUT2D eigenvalue weighted by Crippen LogP contribution is -2.06. The molecule has 17 heavy (non-hydrogen) atoms. The summed E-state index contributed by atoms with van der Waals surface area (Å²) in [7, 11) is 0. The smallest absolute Gasteiger partial charge is 0.166 e. The number of Topliss-reactive ketones (excluding diaryl/α,β-unsaturated/α-hetero) is 1. The molecular formula is C15H20O2. The highest BCUT2D eigenvalue weighted by atomic mass is 16.5. The Morgan fingerprint density at radius 1 is 1.35 bits per heavy atom. The lowest BCUT2D eigenvalue weighted by molar-refractivity contribution is 0.0977. The van der Waals surface area contributed by atoms with Crippen molar-refractivity contribution < 1.29 is 9.53 Å². The average Bonchev–Trinajstić information content (AvgIpc) is 2.53. The summed E-state index contributed by atoms with van der Waals surface area (Å²) >= 11 is 0. The molecule has 0 aromatic heterocycles. The van der Waals surface area contributed by atoms with Crippen LogP contribution < -0.4 is 4.74 Å². The minimum absolute atomic E-state index is 0.217. The summed E-state index contributed by atoms with van der Waals surface area (Å²) in [5.74, 6) is 1.07. The van der Waals surface area contributed by atoms with Crippen molar-refractivity contribution in [1.82, 2.24) is 0 Å². The zero-order valence-electron chi connectivity index (χ0n) is 10.7. The van der Waals surface area contributed by atoms with Crippen molar-refractivity contribution >= 4 is 5.78 Å². The van der Waals surface area contributed by atoms with Crippen LogP contribution in [0.15, 0.2) is 12.1 Å². The summed E-state index contributed by atoms with van der Waals surface area (Å²) in [6, 6.07) is 4.13. The summed E-state index contributed by atoms with van der Waals surface area (Å²) in [6.45, 7) is 4.82. The Morgan fingerprint density at radius 2 is 2.18 bits per heavy atom. The Balaban J connectivity index is 2.43. The van der Waals surface area contributed by atoms with Crippen LogP contribution in [0, 0.1) is 6.92 Å². The molecule has 92 valence electrons. The molecule has 0 saturated heterocycles. The Labute approximate surface area is 103 Å². The number of hydrogen-bond donors (Lipinski definition) is 0. The highest BCUT2D eigenvalue weighted by Crippen LogP contribution is 2.31. The molecule has 0 unspecified atom stereocenters. The molecular weight excluding hydrogens is 212 g/mol. The van der Waals surface area contributed by atoms with Crippen molar-refractivity contribution in [2.45, 2.75) is 46.0 Å². The van der Waals surface area contributed by atoms with E-state index in [0.29, 0.717) is 6.42 Å². The van der Waals surface area contributed by atoms with E-state index in [4.69, 9.17) is 4.74 Å². The summed E-state index contributed by atoms with van der Waals surface area (Å²) in [5, 5.41) is 0. The second kappa shape index (κ2) is 5.35. The van der Waals surface area contributed by atoms with Gasteiger partial charge < -0.3 is 4.74 Å². The molecule has 1 heterocycles. The van der Waals surface area contributed by atoms with Crippen LogP contribution in [0.4, 0.5) is 0 Å². The topological polar surface area (TPSA) is 26.3 Å². The first kappa shape index (κ1) is 12.2. The van der Waals surface area contributed by atoms with Crippen LogP contribution >= 0.6 is 0 Å². The number of ketones is 1. The lowest BCUT2D eigenvalue weighted by atomic mass is 9.97. The Bertz CT molecular complexity index is 421. The summed E-state index contributed by atoms with van der Waals surface area (Å²) in [5.41, 5.74) is 3.17. The zero-order chi connectivity index (χ0) is 12.3. The number of hydrogen-bond acceptors (Lipinski definition) is 2. The van der Waals surface area contributed by atoms with E-state index in [-0.39, 0.29) is 5.78 Å². The van der Waals surface area contributed by atoms with E-state index in [1.807, 2.05) is 19.9 Å². The van der Waals surface area contributed by atoms with Crippen LogP contribution in [0.25, 0.3) is 0 Å². The van der Waals surface area contributed by atoms with Gasteiger partial charge in [0, 0.05) is 6.42 Å². The molecule has 1 aliphatic heterocycles. The summed E-state index contributed by atoms with van der Waals surface area (Å²) in [6.07, 6.45) is 4.76. The van der Waals surface area contributed by atoms with E-state index in [2.05, 4.69) is 6.07 Å². The molecule has 0 spiro atoms. The zero-order valence-corrected chi connectivity index (χ0v) is 10.7. The van der Waals surface area contributed by atoms with Gasteiger partial charge in [0.15, 0.2) is 5.78 Å². The van der Waals surface area contributed by atoms with Gasteiger partial charge in [0.05, 0.1) is 12.2 Å². The fraction of sp³-hybridized carbons (Fsp3) is 0.533. The first-order valence-corrected chi connectivity index (χ1v) is 6.52. The SMILES string of the molecule is CCCC(=O)c1cc(C)cc2c1OCCCC2. The molecule has 0 amide bonds. The van der Waals surface area contributed by atoms with Gasteiger partial charge >= 0.3 is 0 Å². The third-order valence-corrected chi connectivity index (χ3v) is 3.17. The average molecular weight is 232 g/mol. The van der Waals surface area contributed by atoms with Crippen molar-refractivity contribution in [3.8, 4) is 5.75 Å². The van der Waals surface area contributed by atoms with Crippen molar-refractivity contribution in [2.24, 2.45) is 0 Å². The second-order valence-corrected chi connectivity index (χ2v) is 4.78. The molecule has 0 aliphatic carbocycles. The molecule has 2 heteroatoms. The molecule has 0 bridgehead atoms. The van der Waals surface area contributed by atoms with Gasteiger partial charge in [-0.05, 0) is 49.8 Å². The third kappa shape index (κ3) is 2.68. The molecule has 2 nitrogen and oxygen atoms in total. The normalized spacial score (nSPS) is 14.7. The van der Waals surface area contributed by atoms with Crippen molar-refractivity contribution in [3.63, 3.8) is 0 Å². The van der Waals surface area contributed by atoms with Crippen LogP contribution in [0.2, 0.25) is 0 Å². The first-order valence-electron chi connectivity index (χ1n) is 6.52. The molecule has 0 atom stereocenters.